The first-order valence-corrected chi connectivity index (χ1v) is 10.1. The van der Waals surface area contributed by atoms with Gasteiger partial charge < -0.3 is 14.8 Å². The molecule has 2 atom stereocenters. The van der Waals surface area contributed by atoms with E-state index in [1.54, 1.807) is 14.2 Å². The first kappa shape index (κ1) is 21.4. The van der Waals surface area contributed by atoms with Crippen LogP contribution in [0.4, 0.5) is 4.79 Å². The Kier molecular flexibility index (Phi) is 5.81. The third kappa shape index (κ3) is 4.34. The van der Waals surface area contributed by atoms with E-state index in [4.69, 9.17) is 9.47 Å². The molecule has 0 aromatic heterocycles. The van der Waals surface area contributed by atoms with Gasteiger partial charge in [-0.05, 0) is 43.7 Å². The van der Waals surface area contributed by atoms with E-state index >= 15 is 0 Å². The molecule has 3 amide bonds. The summed E-state index contributed by atoms with van der Waals surface area (Å²) in [5, 5.41) is 3.03. The molecule has 0 radical (unpaired) electrons. The summed E-state index contributed by atoms with van der Waals surface area (Å²) in [7, 11) is 5.12. The van der Waals surface area contributed by atoms with Crippen LogP contribution in [-0.4, -0.2) is 55.2 Å². The third-order valence-electron chi connectivity index (χ3n) is 5.94. The molecule has 3 rings (SSSR count). The second-order valence-corrected chi connectivity index (χ2v) is 9.43. The van der Waals surface area contributed by atoms with Gasteiger partial charge in [0.1, 0.15) is 17.0 Å². The summed E-state index contributed by atoms with van der Waals surface area (Å²) in [6.07, 6.45) is 2.45. The molecule has 1 saturated carbocycles. The van der Waals surface area contributed by atoms with Crippen LogP contribution in [0, 0.1) is 11.3 Å². The van der Waals surface area contributed by atoms with Crippen molar-refractivity contribution in [2.45, 2.75) is 52.1 Å². The van der Waals surface area contributed by atoms with Crippen LogP contribution in [-0.2, 0) is 11.3 Å². The Labute approximate surface area is 173 Å². The summed E-state index contributed by atoms with van der Waals surface area (Å²) in [5.41, 5.74) is 0.223. The van der Waals surface area contributed by atoms with Gasteiger partial charge >= 0.3 is 6.03 Å². The Morgan fingerprint density at radius 2 is 1.93 bits per heavy atom. The number of ether oxygens (including phenoxy) is 2. The van der Waals surface area contributed by atoms with Gasteiger partial charge in [-0.1, -0.05) is 26.8 Å². The van der Waals surface area contributed by atoms with Crippen LogP contribution in [0.1, 0.15) is 45.6 Å². The molecule has 0 unspecified atom stereocenters. The second-order valence-electron chi connectivity index (χ2n) is 9.43. The highest BCUT2D eigenvalue weighted by Gasteiger charge is 2.56. The van der Waals surface area contributed by atoms with E-state index in [0.717, 1.165) is 17.7 Å². The molecule has 0 bridgehead atoms. The molecule has 1 N–H and O–H groups in total. The van der Waals surface area contributed by atoms with Crippen LogP contribution in [0.15, 0.2) is 18.2 Å². The fourth-order valence-electron chi connectivity index (χ4n) is 5.20. The molecule has 2 fully saturated rings. The van der Waals surface area contributed by atoms with E-state index in [1.165, 1.54) is 4.90 Å². The molecule has 1 aromatic rings. The van der Waals surface area contributed by atoms with E-state index in [1.807, 2.05) is 30.1 Å². The van der Waals surface area contributed by atoms with Crippen LogP contribution in [0.25, 0.3) is 0 Å². The zero-order chi connectivity index (χ0) is 21.4. The molecule has 160 valence electrons. The standard InChI is InChI=1S/C22H33N3O4/c1-15-10-21(2,3)13-22(11-15)19(26)25(20(27)23-22)14-24(4)12-16-7-8-17(28-5)9-18(16)29-6/h7-9,15H,10-14H2,1-6H3,(H,23,27)/t15-,22-/m0/s1. The molecular formula is C22H33N3O4. The lowest BCUT2D eigenvalue weighted by Gasteiger charge is -2.43. The van der Waals surface area contributed by atoms with Gasteiger partial charge in [0.05, 0.1) is 20.9 Å². The van der Waals surface area contributed by atoms with Crippen molar-refractivity contribution in [3.05, 3.63) is 23.8 Å². The van der Waals surface area contributed by atoms with Gasteiger partial charge in [-0.2, -0.15) is 0 Å². The summed E-state index contributed by atoms with van der Waals surface area (Å²) in [6, 6.07) is 5.35. The SMILES string of the molecule is COc1ccc(CN(C)CN2C(=O)N[C@]3(C[C@@H](C)CC(C)(C)C3)C2=O)c(OC)c1. The highest BCUT2D eigenvalue weighted by molar-refractivity contribution is 6.07. The number of rotatable bonds is 6. The minimum absolute atomic E-state index is 0.0268. The van der Waals surface area contributed by atoms with Crippen molar-refractivity contribution in [1.82, 2.24) is 15.1 Å². The average Bonchev–Trinajstić information content (AvgIpc) is 2.83. The largest absolute Gasteiger partial charge is 0.497 e. The zero-order valence-corrected chi connectivity index (χ0v) is 18.4. The van der Waals surface area contributed by atoms with E-state index in [2.05, 4.69) is 26.1 Å². The molecule has 2 aliphatic rings. The molecule has 7 nitrogen and oxygen atoms in total. The topological polar surface area (TPSA) is 71.1 Å². The molecule has 29 heavy (non-hydrogen) atoms. The van der Waals surface area contributed by atoms with Crippen LogP contribution in [0.3, 0.4) is 0 Å². The van der Waals surface area contributed by atoms with Gasteiger partial charge in [0.25, 0.3) is 5.91 Å². The average molecular weight is 404 g/mol. The molecule has 1 heterocycles. The van der Waals surface area contributed by atoms with Crippen molar-refractivity contribution >= 4 is 11.9 Å². The number of nitrogens with zero attached hydrogens (tertiary/aromatic N) is 2. The maximum Gasteiger partial charge on any atom is 0.326 e. The monoisotopic (exact) mass is 403 g/mol. The van der Waals surface area contributed by atoms with E-state index in [-0.39, 0.29) is 24.0 Å². The van der Waals surface area contributed by atoms with Crippen molar-refractivity contribution in [2.75, 3.05) is 27.9 Å². The number of carbonyl (C=O) groups is 2. The molecule has 1 saturated heterocycles. The van der Waals surface area contributed by atoms with Crippen molar-refractivity contribution in [3.8, 4) is 11.5 Å². The van der Waals surface area contributed by atoms with Crippen LogP contribution in [0.5, 0.6) is 11.5 Å². The molecule has 7 heteroatoms. The number of imide groups is 1. The Balaban J connectivity index is 1.72. The zero-order valence-electron chi connectivity index (χ0n) is 18.4. The third-order valence-corrected chi connectivity index (χ3v) is 5.94. The molecular weight excluding hydrogens is 370 g/mol. The lowest BCUT2D eigenvalue weighted by molar-refractivity contribution is -0.136. The van der Waals surface area contributed by atoms with Gasteiger partial charge in [0.15, 0.2) is 0 Å². The summed E-state index contributed by atoms with van der Waals surface area (Å²) in [5.74, 6) is 1.73. The van der Waals surface area contributed by atoms with Crippen molar-refractivity contribution < 1.29 is 19.1 Å². The fourth-order valence-corrected chi connectivity index (χ4v) is 5.20. The smallest absolute Gasteiger partial charge is 0.326 e. The van der Waals surface area contributed by atoms with Crippen molar-refractivity contribution in [2.24, 2.45) is 11.3 Å². The number of amides is 3. The van der Waals surface area contributed by atoms with Gasteiger partial charge in [0.2, 0.25) is 0 Å². The molecule has 1 aliphatic heterocycles. The number of urea groups is 1. The number of nitrogens with one attached hydrogen (secondary N) is 1. The van der Waals surface area contributed by atoms with Crippen LogP contribution < -0.4 is 14.8 Å². The summed E-state index contributed by atoms with van der Waals surface area (Å²) < 4.78 is 10.7. The first-order valence-electron chi connectivity index (χ1n) is 10.1. The Hall–Kier alpha value is -2.28. The first-order chi connectivity index (χ1) is 13.6. The molecule has 1 aromatic carbocycles. The quantitative estimate of drug-likeness (QED) is 0.739. The fraction of sp³-hybridized carbons (Fsp3) is 0.636. The van der Waals surface area contributed by atoms with Crippen molar-refractivity contribution in [1.29, 1.82) is 0 Å². The lowest BCUT2D eigenvalue weighted by atomic mass is 9.64. The van der Waals surface area contributed by atoms with E-state index in [0.29, 0.717) is 31.1 Å². The van der Waals surface area contributed by atoms with E-state index in [9.17, 15) is 9.59 Å². The summed E-state index contributed by atoms with van der Waals surface area (Å²) in [4.78, 5) is 29.3. The number of carbonyl (C=O) groups excluding carboxylic acids is 2. The summed E-state index contributed by atoms with van der Waals surface area (Å²) in [6.45, 7) is 7.28. The number of methoxy groups -OCH3 is 2. The lowest BCUT2D eigenvalue weighted by Crippen LogP contribution is -2.54. The van der Waals surface area contributed by atoms with Gasteiger partial charge in [-0.15, -0.1) is 0 Å². The predicted molar refractivity (Wildman–Crippen MR) is 111 cm³/mol. The Morgan fingerprint density at radius 1 is 1.21 bits per heavy atom. The minimum Gasteiger partial charge on any atom is -0.497 e. The second kappa shape index (κ2) is 7.86. The highest BCUT2D eigenvalue weighted by Crippen LogP contribution is 2.46. The molecule has 1 spiro atoms. The van der Waals surface area contributed by atoms with Gasteiger partial charge in [-0.25, -0.2) is 9.69 Å². The van der Waals surface area contributed by atoms with Gasteiger partial charge in [-0.3, -0.25) is 9.69 Å². The number of benzene rings is 1. The summed E-state index contributed by atoms with van der Waals surface area (Å²) >= 11 is 0. The van der Waals surface area contributed by atoms with E-state index < -0.39 is 5.54 Å². The maximum atomic E-state index is 13.3. The minimum atomic E-state index is -0.767. The number of hydrogen-bond acceptors (Lipinski definition) is 5. The van der Waals surface area contributed by atoms with Crippen molar-refractivity contribution in [3.63, 3.8) is 0 Å². The predicted octanol–water partition coefficient (Wildman–Crippen LogP) is 3.23. The molecule has 1 aliphatic carbocycles. The maximum absolute atomic E-state index is 13.3. The van der Waals surface area contributed by atoms with Gasteiger partial charge in [0, 0.05) is 18.2 Å². The van der Waals surface area contributed by atoms with Crippen LogP contribution >= 0.6 is 0 Å². The normalized spacial score (nSPS) is 26.2. The number of hydrogen-bond donors (Lipinski definition) is 1. The highest BCUT2D eigenvalue weighted by atomic mass is 16.5. The Bertz CT molecular complexity index is 794. The Morgan fingerprint density at radius 3 is 2.55 bits per heavy atom. The van der Waals surface area contributed by atoms with Crippen LogP contribution in [0.2, 0.25) is 0 Å².